The van der Waals surface area contributed by atoms with Gasteiger partial charge in [0.1, 0.15) is 11.7 Å². The number of amides is 1. The van der Waals surface area contributed by atoms with Crippen LogP contribution in [0.4, 0.5) is 13.2 Å². The summed E-state index contributed by atoms with van der Waals surface area (Å²) in [6.07, 6.45) is -3.20. The first-order chi connectivity index (χ1) is 9.29. The molecule has 1 amide bonds. The molecule has 2 atom stereocenters. The van der Waals surface area contributed by atoms with E-state index in [1.807, 2.05) is 0 Å². The number of aromatic nitrogens is 1. The molecule has 1 aliphatic rings. The van der Waals surface area contributed by atoms with Gasteiger partial charge >= 0.3 is 6.18 Å². The Labute approximate surface area is 118 Å². The quantitative estimate of drug-likeness (QED) is 0.865. The second-order valence-corrected chi connectivity index (χ2v) is 5.15. The van der Waals surface area contributed by atoms with E-state index in [1.165, 1.54) is 18.3 Å². The Kier molecular flexibility index (Phi) is 4.19. The van der Waals surface area contributed by atoms with E-state index in [9.17, 15) is 18.0 Å². The Hall–Kier alpha value is -1.34. The lowest BCUT2D eigenvalue weighted by Gasteiger charge is -2.39. The fourth-order valence-electron chi connectivity index (χ4n) is 2.21. The van der Waals surface area contributed by atoms with Gasteiger partial charge in [-0.25, -0.2) is 4.98 Å². The summed E-state index contributed by atoms with van der Waals surface area (Å²) in [4.78, 5) is 16.7. The van der Waals surface area contributed by atoms with Crippen molar-refractivity contribution >= 4 is 17.5 Å². The van der Waals surface area contributed by atoms with Gasteiger partial charge in [0.15, 0.2) is 0 Å². The van der Waals surface area contributed by atoms with Crippen molar-refractivity contribution in [3.8, 4) is 0 Å². The summed E-state index contributed by atoms with van der Waals surface area (Å²) in [6.45, 7) is -0.132. The van der Waals surface area contributed by atoms with E-state index in [2.05, 4.69) is 4.98 Å². The predicted molar refractivity (Wildman–Crippen MR) is 67.3 cm³/mol. The van der Waals surface area contributed by atoms with Crippen LogP contribution in [0.3, 0.4) is 0 Å². The molecule has 2 rings (SSSR count). The van der Waals surface area contributed by atoms with Gasteiger partial charge in [0.2, 0.25) is 0 Å². The lowest BCUT2D eigenvalue weighted by Crippen LogP contribution is -2.56. The van der Waals surface area contributed by atoms with Crippen LogP contribution < -0.4 is 5.73 Å². The molecule has 1 fully saturated rings. The van der Waals surface area contributed by atoms with Gasteiger partial charge in [-0.15, -0.1) is 0 Å². The topological polar surface area (TPSA) is 59.2 Å². The second-order valence-electron chi connectivity index (χ2n) is 4.71. The van der Waals surface area contributed by atoms with Gasteiger partial charge in [-0.1, -0.05) is 11.6 Å². The van der Waals surface area contributed by atoms with Crippen LogP contribution in [0.5, 0.6) is 0 Å². The maximum Gasteiger partial charge on any atom is 0.408 e. The van der Waals surface area contributed by atoms with Crippen LogP contribution in [0, 0.1) is 0 Å². The maximum atomic E-state index is 13.0. The van der Waals surface area contributed by atoms with Gasteiger partial charge < -0.3 is 10.6 Å². The molecule has 1 aromatic rings. The molecule has 0 aliphatic carbocycles. The number of likely N-dealkylation sites (tertiary alicyclic amines) is 1. The summed E-state index contributed by atoms with van der Waals surface area (Å²) >= 11 is 5.64. The van der Waals surface area contributed by atoms with E-state index in [4.69, 9.17) is 17.3 Å². The van der Waals surface area contributed by atoms with Gasteiger partial charge in [-0.05, 0) is 25.0 Å². The van der Waals surface area contributed by atoms with Crippen molar-refractivity contribution in [1.82, 2.24) is 9.88 Å². The van der Waals surface area contributed by atoms with E-state index >= 15 is 0 Å². The number of nitrogens with two attached hydrogens (primary N) is 1. The maximum absolute atomic E-state index is 13.0. The molecular weight excluding hydrogens is 295 g/mol. The lowest BCUT2D eigenvalue weighted by atomic mass is 9.98. The Balaban J connectivity index is 2.26. The number of carbonyl (C=O) groups is 1. The van der Waals surface area contributed by atoms with Crippen molar-refractivity contribution in [2.24, 2.45) is 5.73 Å². The number of carbonyl (C=O) groups excluding carboxylic acids is 1. The number of nitrogens with zero attached hydrogens (tertiary/aromatic N) is 2. The summed E-state index contributed by atoms with van der Waals surface area (Å²) in [6, 6.07) is 0.448. The summed E-state index contributed by atoms with van der Waals surface area (Å²) in [7, 11) is 0. The van der Waals surface area contributed by atoms with Gasteiger partial charge in [0.25, 0.3) is 5.91 Å². The highest BCUT2D eigenvalue weighted by atomic mass is 35.5. The highest BCUT2D eigenvalue weighted by molar-refractivity contribution is 6.30. The third kappa shape index (κ3) is 3.21. The molecule has 0 bridgehead atoms. The highest BCUT2D eigenvalue weighted by Crippen LogP contribution is 2.32. The molecule has 0 radical (unpaired) electrons. The number of hydrogen-bond acceptors (Lipinski definition) is 3. The van der Waals surface area contributed by atoms with E-state index in [0.29, 0.717) is 5.02 Å². The molecule has 110 valence electrons. The molecule has 1 aromatic heterocycles. The number of pyridine rings is 1. The first-order valence-corrected chi connectivity index (χ1v) is 6.41. The highest BCUT2D eigenvalue weighted by Gasteiger charge is 2.47. The number of piperidine rings is 1. The SMILES string of the molecule is NC1CCC(C(F)(F)F)N(C(=O)c2ccc(Cl)cn2)C1. The smallest absolute Gasteiger partial charge is 0.326 e. The monoisotopic (exact) mass is 307 g/mol. The molecule has 8 heteroatoms. The Morgan fingerprint density at radius 1 is 1.40 bits per heavy atom. The fourth-order valence-corrected chi connectivity index (χ4v) is 2.33. The van der Waals surface area contributed by atoms with Crippen LogP contribution in [0.2, 0.25) is 5.02 Å². The zero-order chi connectivity index (χ0) is 14.9. The number of alkyl halides is 3. The Bertz CT molecular complexity index is 492. The molecule has 1 aliphatic heterocycles. The molecule has 0 saturated carbocycles. The van der Waals surface area contributed by atoms with Crippen molar-refractivity contribution in [2.75, 3.05) is 6.54 Å². The van der Waals surface area contributed by atoms with Crippen LogP contribution in [-0.4, -0.2) is 40.6 Å². The van der Waals surface area contributed by atoms with E-state index in [1.54, 1.807) is 0 Å². The van der Waals surface area contributed by atoms with Crippen LogP contribution in [0.15, 0.2) is 18.3 Å². The first kappa shape index (κ1) is 15.1. The summed E-state index contributed by atoms with van der Waals surface area (Å²) in [5, 5.41) is 0.310. The van der Waals surface area contributed by atoms with Crippen molar-refractivity contribution in [3.05, 3.63) is 29.0 Å². The molecular formula is C12H13ClF3N3O. The van der Waals surface area contributed by atoms with Crippen molar-refractivity contribution in [1.29, 1.82) is 0 Å². The van der Waals surface area contributed by atoms with Crippen LogP contribution in [0.1, 0.15) is 23.3 Å². The normalized spacial score (nSPS) is 23.8. The van der Waals surface area contributed by atoms with Crippen LogP contribution in [-0.2, 0) is 0 Å². The fraction of sp³-hybridized carbons (Fsp3) is 0.500. The van der Waals surface area contributed by atoms with Gasteiger partial charge in [0.05, 0.1) is 5.02 Å². The van der Waals surface area contributed by atoms with E-state index in [-0.39, 0.29) is 25.1 Å². The molecule has 20 heavy (non-hydrogen) atoms. The minimum atomic E-state index is -4.47. The van der Waals surface area contributed by atoms with Crippen molar-refractivity contribution in [2.45, 2.75) is 31.1 Å². The number of hydrogen-bond donors (Lipinski definition) is 1. The largest absolute Gasteiger partial charge is 0.408 e. The van der Waals surface area contributed by atoms with Gasteiger partial charge in [0, 0.05) is 18.8 Å². The average molecular weight is 308 g/mol. The summed E-state index contributed by atoms with van der Waals surface area (Å²) in [5.74, 6) is -0.779. The van der Waals surface area contributed by atoms with Crippen LogP contribution in [0.25, 0.3) is 0 Å². The van der Waals surface area contributed by atoms with E-state index < -0.39 is 24.2 Å². The first-order valence-electron chi connectivity index (χ1n) is 6.04. The molecule has 1 saturated heterocycles. The minimum absolute atomic E-state index is 0.0715. The zero-order valence-corrected chi connectivity index (χ0v) is 11.2. The third-order valence-electron chi connectivity index (χ3n) is 3.20. The van der Waals surface area contributed by atoms with Crippen molar-refractivity contribution < 1.29 is 18.0 Å². The van der Waals surface area contributed by atoms with Crippen LogP contribution >= 0.6 is 11.6 Å². The number of rotatable bonds is 1. The molecule has 4 nitrogen and oxygen atoms in total. The van der Waals surface area contributed by atoms with E-state index in [0.717, 1.165) is 4.90 Å². The molecule has 2 N–H and O–H groups in total. The summed E-state index contributed by atoms with van der Waals surface area (Å²) in [5.41, 5.74) is 5.60. The molecule has 2 unspecified atom stereocenters. The second kappa shape index (κ2) is 5.57. The predicted octanol–water partition coefficient (Wildman–Crippen LogP) is 2.23. The third-order valence-corrected chi connectivity index (χ3v) is 3.43. The number of halogens is 4. The Morgan fingerprint density at radius 3 is 2.65 bits per heavy atom. The molecule has 2 heterocycles. The van der Waals surface area contributed by atoms with Gasteiger partial charge in [-0.3, -0.25) is 4.79 Å². The standard InChI is InChI=1S/C12H13ClF3N3O/c13-7-1-3-9(18-5-7)11(20)19-6-8(17)2-4-10(19)12(14,15)16/h1,3,5,8,10H,2,4,6,17H2. The zero-order valence-electron chi connectivity index (χ0n) is 10.4. The molecule has 0 aromatic carbocycles. The van der Waals surface area contributed by atoms with Crippen molar-refractivity contribution in [3.63, 3.8) is 0 Å². The average Bonchev–Trinajstić information content (AvgIpc) is 2.37. The lowest BCUT2D eigenvalue weighted by molar-refractivity contribution is -0.184. The minimum Gasteiger partial charge on any atom is -0.326 e. The molecule has 0 spiro atoms. The summed E-state index contributed by atoms with van der Waals surface area (Å²) < 4.78 is 38.9. The Morgan fingerprint density at radius 2 is 2.10 bits per heavy atom. The van der Waals surface area contributed by atoms with Gasteiger partial charge in [-0.2, -0.15) is 13.2 Å².